The lowest BCUT2D eigenvalue weighted by Gasteiger charge is -2.06. The van der Waals surface area contributed by atoms with Crippen LogP contribution in [-0.2, 0) is 0 Å². The number of nitrogens with one attached hydrogen (secondary N) is 2. The molecule has 1 aliphatic carbocycles. The molecular formula is C14H19BrN2O. The summed E-state index contributed by atoms with van der Waals surface area (Å²) < 4.78 is 0.932. The second-order valence-corrected chi connectivity index (χ2v) is 5.68. The number of benzene rings is 1. The molecular weight excluding hydrogens is 292 g/mol. The average molecular weight is 311 g/mol. The fourth-order valence-corrected chi connectivity index (χ4v) is 2.17. The summed E-state index contributed by atoms with van der Waals surface area (Å²) in [5, 5.41) is 6.34. The lowest BCUT2D eigenvalue weighted by molar-refractivity contribution is 0.0953. The number of hydrogen-bond donors (Lipinski definition) is 2. The van der Waals surface area contributed by atoms with Crippen molar-refractivity contribution in [2.24, 2.45) is 5.92 Å². The van der Waals surface area contributed by atoms with Gasteiger partial charge in [0, 0.05) is 16.6 Å². The summed E-state index contributed by atoms with van der Waals surface area (Å²) in [7, 11) is 0. The van der Waals surface area contributed by atoms with Crippen molar-refractivity contribution in [2.75, 3.05) is 19.6 Å². The molecule has 0 bridgehead atoms. The van der Waals surface area contributed by atoms with Gasteiger partial charge in [-0.3, -0.25) is 4.79 Å². The van der Waals surface area contributed by atoms with Crippen LogP contribution >= 0.6 is 15.9 Å². The molecule has 4 heteroatoms. The molecule has 0 radical (unpaired) electrons. The van der Waals surface area contributed by atoms with E-state index in [0.717, 1.165) is 36.4 Å². The zero-order valence-corrected chi connectivity index (χ0v) is 12.0. The van der Waals surface area contributed by atoms with Gasteiger partial charge in [0.05, 0.1) is 0 Å². The maximum atomic E-state index is 11.8. The van der Waals surface area contributed by atoms with Crippen molar-refractivity contribution in [1.82, 2.24) is 10.6 Å². The molecule has 1 aliphatic rings. The quantitative estimate of drug-likeness (QED) is 0.760. The Balaban J connectivity index is 1.59. The van der Waals surface area contributed by atoms with E-state index in [1.165, 1.54) is 12.8 Å². The highest BCUT2D eigenvalue weighted by molar-refractivity contribution is 9.10. The number of hydrogen-bond acceptors (Lipinski definition) is 2. The first-order valence-electron chi connectivity index (χ1n) is 6.50. The highest BCUT2D eigenvalue weighted by atomic mass is 79.9. The van der Waals surface area contributed by atoms with Gasteiger partial charge in [-0.1, -0.05) is 22.0 Å². The fraction of sp³-hybridized carbons (Fsp3) is 0.500. The molecule has 1 saturated carbocycles. The minimum absolute atomic E-state index is 0.00140. The molecule has 1 aromatic rings. The van der Waals surface area contributed by atoms with Crippen molar-refractivity contribution in [3.8, 4) is 0 Å². The molecule has 0 atom stereocenters. The lowest BCUT2D eigenvalue weighted by Crippen LogP contribution is -2.27. The Labute approximate surface area is 116 Å². The maximum Gasteiger partial charge on any atom is 0.251 e. The van der Waals surface area contributed by atoms with Crippen LogP contribution in [0.15, 0.2) is 28.7 Å². The third-order valence-electron chi connectivity index (χ3n) is 3.03. The van der Waals surface area contributed by atoms with Gasteiger partial charge < -0.3 is 10.6 Å². The number of halogens is 1. The van der Waals surface area contributed by atoms with E-state index < -0.39 is 0 Å². The minimum atomic E-state index is -0.00140. The number of rotatable bonds is 7. The number of carbonyl (C=O) groups excluding carboxylic acids is 1. The smallest absolute Gasteiger partial charge is 0.251 e. The van der Waals surface area contributed by atoms with Crippen molar-refractivity contribution in [1.29, 1.82) is 0 Å². The number of carbonyl (C=O) groups is 1. The summed E-state index contributed by atoms with van der Waals surface area (Å²) in [6.07, 6.45) is 3.74. The zero-order valence-electron chi connectivity index (χ0n) is 10.4. The van der Waals surface area contributed by atoms with Crippen LogP contribution in [0.2, 0.25) is 0 Å². The topological polar surface area (TPSA) is 41.1 Å². The van der Waals surface area contributed by atoms with Gasteiger partial charge in [-0.05, 0) is 56.5 Å². The molecule has 0 saturated heterocycles. The summed E-state index contributed by atoms with van der Waals surface area (Å²) in [6, 6.07) is 7.45. The molecule has 2 N–H and O–H groups in total. The van der Waals surface area contributed by atoms with Gasteiger partial charge in [0.15, 0.2) is 0 Å². The molecule has 0 aliphatic heterocycles. The van der Waals surface area contributed by atoms with Crippen molar-refractivity contribution in [3.63, 3.8) is 0 Å². The van der Waals surface area contributed by atoms with Gasteiger partial charge in [0.25, 0.3) is 5.91 Å². The van der Waals surface area contributed by atoms with Crippen LogP contribution in [0.25, 0.3) is 0 Å². The Kier molecular flexibility index (Phi) is 5.20. The van der Waals surface area contributed by atoms with Gasteiger partial charge in [-0.25, -0.2) is 0 Å². The molecule has 1 fully saturated rings. The summed E-state index contributed by atoms with van der Waals surface area (Å²) in [5.74, 6) is 0.916. The summed E-state index contributed by atoms with van der Waals surface area (Å²) >= 11 is 3.36. The Hall–Kier alpha value is -0.870. The van der Waals surface area contributed by atoms with Gasteiger partial charge >= 0.3 is 0 Å². The second kappa shape index (κ2) is 6.90. The molecule has 3 nitrogen and oxygen atoms in total. The van der Waals surface area contributed by atoms with E-state index in [-0.39, 0.29) is 5.91 Å². The van der Waals surface area contributed by atoms with E-state index in [0.29, 0.717) is 5.56 Å². The lowest BCUT2D eigenvalue weighted by atomic mass is 10.2. The minimum Gasteiger partial charge on any atom is -0.352 e. The molecule has 0 spiro atoms. The normalized spacial score (nSPS) is 14.5. The first-order chi connectivity index (χ1) is 8.75. The molecule has 98 valence electrons. The van der Waals surface area contributed by atoms with E-state index in [1.807, 2.05) is 24.3 Å². The van der Waals surface area contributed by atoms with Gasteiger partial charge in [-0.2, -0.15) is 0 Å². The van der Waals surface area contributed by atoms with Crippen LogP contribution in [0, 0.1) is 5.92 Å². The van der Waals surface area contributed by atoms with E-state index in [4.69, 9.17) is 0 Å². The third-order valence-corrected chi connectivity index (χ3v) is 3.53. The molecule has 1 aromatic carbocycles. The Bertz CT molecular complexity index is 405. The maximum absolute atomic E-state index is 11.8. The standard InChI is InChI=1S/C14H19BrN2O/c15-13-4-1-3-12(9-13)14(18)17-8-2-7-16-10-11-5-6-11/h1,3-4,9,11,16H,2,5-8,10H2,(H,17,18). The Morgan fingerprint density at radius 2 is 2.17 bits per heavy atom. The predicted octanol–water partition coefficient (Wildman–Crippen LogP) is 2.57. The predicted molar refractivity (Wildman–Crippen MR) is 76.7 cm³/mol. The zero-order chi connectivity index (χ0) is 12.8. The molecule has 2 rings (SSSR count). The second-order valence-electron chi connectivity index (χ2n) is 4.77. The molecule has 0 unspecified atom stereocenters. The van der Waals surface area contributed by atoms with Crippen LogP contribution < -0.4 is 10.6 Å². The monoisotopic (exact) mass is 310 g/mol. The van der Waals surface area contributed by atoms with Crippen LogP contribution in [0.5, 0.6) is 0 Å². The van der Waals surface area contributed by atoms with Gasteiger partial charge in [-0.15, -0.1) is 0 Å². The highest BCUT2D eigenvalue weighted by Gasteiger charge is 2.19. The van der Waals surface area contributed by atoms with Crippen LogP contribution in [0.1, 0.15) is 29.6 Å². The summed E-state index contributed by atoms with van der Waals surface area (Å²) in [5.41, 5.74) is 0.704. The van der Waals surface area contributed by atoms with Gasteiger partial charge in [0.2, 0.25) is 0 Å². The first kappa shape index (κ1) is 13.6. The fourth-order valence-electron chi connectivity index (χ4n) is 1.78. The van der Waals surface area contributed by atoms with Crippen LogP contribution in [-0.4, -0.2) is 25.5 Å². The molecule has 1 amide bonds. The largest absolute Gasteiger partial charge is 0.352 e. The van der Waals surface area contributed by atoms with Crippen LogP contribution in [0.4, 0.5) is 0 Å². The first-order valence-corrected chi connectivity index (χ1v) is 7.29. The highest BCUT2D eigenvalue weighted by Crippen LogP contribution is 2.27. The van der Waals surface area contributed by atoms with E-state index >= 15 is 0 Å². The van der Waals surface area contributed by atoms with Crippen molar-refractivity contribution in [2.45, 2.75) is 19.3 Å². The summed E-state index contributed by atoms with van der Waals surface area (Å²) in [4.78, 5) is 11.8. The SMILES string of the molecule is O=C(NCCCNCC1CC1)c1cccc(Br)c1. The Morgan fingerprint density at radius 3 is 2.89 bits per heavy atom. The van der Waals surface area contributed by atoms with E-state index in [2.05, 4.69) is 26.6 Å². The van der Waals surface area contributed by atoms with E-state index in [9.17, 15) is 4.79 Å². The average Bonchev–Trinajstić information content (AvgIpc) is 3.17. The van der Waals surface area contributed by atoms with E-state index in [1.54, 1.807) is 0 Å². The van der Waals surface area contributed by atoms with Crippen LogP contribution in [0.3, 0.4) is 0 Å². The molecule has 0 heterocycles. The van der Waals surface area contributed by atoms with Crippen molar-refractivity contribution < 1.29 is 4.79 Å². The molecule has 0 aromatic heterocycles. The number of amides is 1. The summed E-state index contributed by atoms with van der Waals surface area (Å²) in [6.45, 7) is 2.85. The Morgan fingerprint density at radius 1 is 1.33 bits per heavy atom. The van der Waals surface area contributed by atoms with Crippen molar-refractivity contribution in [3.05, 3.63) is 34.3 Å². The van der Waals surface area contributed by atoms with Gasteiger partial charge in [0.1, 0.15) is 0 Å². The van der Waals surface area contributed by atoms with Crippen molar-refractivity contribution >= 4 is 21.8 Å². The third kappa shape index (κ3) is 4.78. The molecule has 18 heavy (non-hydrogen) atoms.